The number of para-hydroxylation sites is 1. The molecule has 2 aromatic rings. The predicted octanol–water partition coefficient (Wildman–Crippen LogP) is 4.59. The molecule has 1 fully saturated rings. The summed E-state index contributed by atoms with van der Waals surface area (Å²) in [5, 5.41) is 2.94. The van der Waals surface area contributed by atoms with Crippen LogP contribution in [0, 0.1) is 5.92 Å². The quantitative estimate of drug-likeness (QED) is 0.747. The molecule has 1 N–H and O–H groups in total. The Labute approximate surface area is 173 Å². The predicted molar refractivity (Wildman–Crippen MR) is 116 cm³/mol. The van der Waals surface area contributed by atoms with Crippen LogP contribution in [-0.2, 0) is 22.4 Å². The average Bonchev–Trinajstić information content (AvgIpc) is 3.09. The molecule has 29 heavy (non-hydrogen) atoms. The van der Waals surface area contributed by atoms with E-state index < -0.39 is 0 Å². The summed E-state index contributed by atoms with van der Waals surface area (Å²) in [5.74, 6) is 0.305. The van der Waals surface area contributed by atoms with Gasteiger partial charge in [-0.05, 0) is 62.1 Å². The number of hydrogen-bond donors (Lipinski definition) is 1. The molecule has 154 valence electrons. The Kier molecular flexibility index (Phi) is 6.57. The largest absolute Gasteiger partial charge is 0.491 e. The molecule has 1 unspecified atom stereocenters. The Morgan fingerprint density at radius 2 is 1.72 bits per heavy atom. The van der Waals surface area contributed by atoms with Gasteiger partial charge in [0.1, 0.15) is 5.75 Å². The number of nitrogens with one attached hydrogen (secondary N) is 1. The number of benzene rings is 2. The number of rotatable bonds is 7. The summed E-state index contributed by atoms with van der Waals surface area (Å²) in [6, 6.07) is 13.5. The zero-order chi connectivity index (χ0) is 21.0. The fourth-order valence-corrected chi connectivity index (χ4v) is 3.79. The third-order valence-corrected chi connectivity index (χ3v) is 5.22. The molecule has 3 rings (SSSR count). The Hall–Kier alpha value is -2.82. The molecule has 1 aliphatic heterocycles. The SMILES string of the molecule is CCc1cccc(CC)c1N1CC(C(=O)Nc2ccc(OC(C)C)cc2)CC1=O. The number of amides is 2. The molecule has 5 heteroatoms. The molecule has 2 aromatic carbocycles. The molecule has 0 bridgehead atoms. The normalized spacial score (nSPS) is 16.4. The Bertz CT molecular complexity index is 852. The molecule has 0 radical (unpaired) electrons. The van der Waals surface area contributed by atoms with Crippen LogP contribution in [-0.4, -0.2) is 24.5 Å². The highest BCUT2D eigenvalue weighted by molar-refractivity contribution is 6.04. The Morgan fingerprint density at radius 3 is 2.28 bits per heavy atom. The van der Waals surface area contributed by atoms with Crippen molar-refractivity contribution < 1.29 is 14.3 Å². The first kappa shape index (κ1) is 20.9. The van der Waals surface area contributed by atoms with E-state index in [2.05, 4.69) is 31.3 Å². The van der Waals surface area contributed by atoms with Gasteiger partial charge >= 0.3 is 0 Å². The van der Waals surface area contributed by atoms with Gasteiger partial charge in [0.05, 0.1) is 12.0 Å². The van der Waals surface area contributed by atoms with E-state index in [1.807, 2.05) is 49.1 Å². The van der Waals surface area contributed by atoms with Gasteiger partial charge in [0.2, 0.25) is 11.8 Å². The first-order chi connectivity index (χ1) is 13.9. The fraction of sp³-hybridized carbons (Fsp3) is 0.417. The van der Waals surface area contributed by atoms with Crippen LogP contribution in [0.2, 0.25) is 0 Å². The van der Waals surface area contributed by atoms with Crippen LogP contribution >= 0.6 is 0 Å². The molecular formula is C24H30N2O3. The second-order valence-corrected chi connectivity index (χ2v) is 7.72. The van der Waals surface area contributed by atoms with E-state index in [-0.39, 0.29) is 30.3 Å². The van der Waals surface area contributed by atoms with E-state index in [0.717, 1.165) is 35.4 Å². The summed E-state index contributed by atoms with van der Waals surface area (Å²) in [6.45, 7) is 8.55. The highest BCUT2D eigenvalue weighted by Crippen LogP contribution is 2.33. The zero-order valence-corrected chi connectivity index (χ0v) is 17.7. The monoisotopic (exact) mass is 394 g/mol. The van der Waals surface area contributed by atoms with Crippen molar-refractivity contribution in [3.63, 3.8) is 0 Å². The van der Waals surface area contributed by atoms with Gasteiger partial charge in [-0.2, -0.15) is 0 Å². The maximum atomic E-state index is 12.8. The number of aryl methyl sites for hydroxylation is 2. The fourth-order valence-electron chi connectivity index (χ4n) is 3.79. The van der Waals surface area contributed by atoms with Crippen LogP contribution in [0.5, 0.6) is 5.75 Å². The number of anilines is 2. The summed E-state index contributed by atoms with van der Waals surface area (Å²) in [7, 11) is 0. The van der Waals surface area contributed by atoms with Crippen molar-refractivity contribution in [2.75, 3.05) is 16.8 Å². The van der Waals surface area contributed by atoms with Crippen LogP contribution in [0.1, 0.15) is 45.2 Å². The standard InChI is InChI=1S/C24H30N2O3/c1-5-17-8-7-9-18(6-2)23(17)26-15-19(14-22(26)27)24(28)25-20-10-12-21(13-11-20)29-16(3)4/h7-13,16,19H,5-6,14-15H2,1-4H3,(H,25,28). The third kappa shape index (κ3) is 4.78. The number of nitrogens with zero attached hydrogens (tertiary/aromatic N) is 1. The minimum absolute atomic E-state index is 0.0152. The first-order valence-electron chi connectivity index (χ1n) is 10.4. The van der Waals surface area contributed by atoms with Gasteiger partial charge in [-0.1, -0.05) is 32.0 Å². The van der Waals surface area contributed by atoms with Gasteiger partial charge in [0, 0.05) is 24.3 Å². The van der Waals surface area contributed by atoms with Crippen molar-refractivity contribution in [3.8, 4) is 5.75 Å². The lowest BCUT2D eigenvalue weighted by molar-refractivity contribution is -0.122. The van der Waals surface area contributed by atoms with Crippen molar-refractivity contribution in [1.29, 1.82) is 0 Å². The molecule has 1 atom stereocenters. The second kappa shape index (κ2) is 9.12. The van der Waals surface area contributed by atoms with Crippen LogP contribution in [0.25, 0.3) is 0 Å². The van der Waals surface area contributed by atoms with Gasteiger partial charge in [-0.3, -0.25) is 9.59 Å². The van der Waals surface area contributed by atoms with E-state index in [1.165, 1.54) is 0 Å². The number of carbonyl (C=O) groups excluding carboxylic acids is 2. The van der Waals surface area contributed by atoms with Gasteiger partial charge in [0.25, 0.3) is 0 Å². The summed E-state index contributed by atoms with van der Waals surface area (Å²) < 4.78 is 5.63. The van der Waals surface area contributed by atoms with E-state index in [1.54, 1.807) is 0 Å². The molecule has 0 aliphatic carbocycles. The third-order valence-electron chi connectivity index (χ3n) is 5.22. The minimum atomic E-state index is -0.358. The Balaban J connectivity index is 1.71. The van der Waals surface area contributed by atoms with Gasteiger partial charge in [0.15, 0.2) is 0 Å². The molecule has 1 aliphatic rings. The molecule has 1 heterocycles. The Morgan fingerprint density at radius 1 is 1.10 bits per heavy atom. The number of hydrogen-bond acceptors (Lipinski definition) is 3. The van der Waals surface area contributed by atoms with E-state index in [4.69, 9.17) is 4.74 Å². The van der Waals surface area contributed by atoms with Gasteiger partial charge in [-0.15, -0.1) is 0 Å². The first-order valence-corrected chi connectivity index (χ1v) is 10.4. The van der Waals surface area contributed by atoms with E-state index >= 15 is 0 Å². The van der Waals surface area contributed by atoms with Crippen LogP contribution in [0.3, 0.4) is 0 Å². The molecule has 0 spiro atoms. The van der Waals surface area contributed by atoms with E-state index in [0.29, 0.717) is 12.2 Å². The van der Waals surface area contributed by atoms with Crippen molar-refractivity contribution in [2.45, 2.75) is 53.1 Å². The molecule has 0 aromatic heterocycles. The molecule has 2 amide bonds. The van der Waals surface area contributed by atoms with Crippen molar-refractivity contribution in [1.82, 2.24) is 0 Å². The molecular weight excluding hydrogens is 364 g/mol. The van der Waals surface area contributed by atoms with Crippen LogP contribution in [0.4, 0.5) is 11.4 Å². The average molecular weight is 395 g/mol. The topological polar surface area (TPSA) is 58.6 Å². The lowest BCUT2D eigenvalue weighted by atomic mass is 10.0. The highest BCUT2D eigenvalue weighted by Gasteiger charge is 2.36. The van der Waals surface area contributed by atoms with Crippen molar-refractivity contribution in [2.24, 2.45) is 5.92 Å². The molecule has 0 saturated carbocycles. The summed E-state index contributed by atoms with van der Waals surface area (Å²) >= 11 is 0. The summed E-state index contributed by atoms with van der Waals surface area (Å²) in [4.78, 5) is 27.3. The summed E-state index contributed by atoms with van der Waals surface area (Å²) in [6.07, 6.45) is 2.05. The van der Waals surface area contributed by atoms with Crippen molar-refractivity contribution >= 4 is 23.2 Å². The smallest absolute Gasteiger partial charge is 0.229 e. The number of ether oxygens (including phenoxy) is 1. The zero-order valence-electron chi connectivity index (χ0n) is 17.7. The summed E-state index contributed by atoms with van der Waals surface area (Å²) in [5.41, 5.74) is 4.01. The molecule has 5 nitrogen and oxygen atoms in total. The lowest BCUT2D eigenvalue weighted by Gasteiger charge is -2.23. The van der Waals surface area contributed by atoms with E-state index in [9.17, 15) is 9.59 Å². The second-order valence-electron chi connectivity index (χ2n) is 7.72. The molecule has 1 saturated heterocycles. The van der Waals surface area contributed by atoms with Crippen LogP contribution in [0.15, 0.2) is 42.5 Å². The lowest BCUT2D eigenvalue weighted by Crippen LogP contribution is -2.29. The minimum Gasteiger partial charge on any atom is -0.491 e. The van der Waals surface area contributed by atoms with Gasteiger partial charge in [-0.25, -0.2) is 0 Å². The maximum Gasteiger partial charge on any atom is 0.229 e. The van der Waals surface area contributed by atoms with Crippen LogP contribution < -0.4 is 15.0 Å². The van der Waals surface area contributed by atoms with Crippen molar-refractivity contribution in [3.05, 3.63) is 53.6 Å². The highest BCUT2D eigenvalue weighted by atomic mass is 16.5. The maximum absolute atomic E-state index is 12.8. The van der Waals surface area contributed by atoms with Gasteiger partial charge < -0.3 is 15.0 Å². The number of carbonyl (C=O) groups is 2.